The molecule has 0 aliphatic rings. The summed E-state index contributed by atoms with van der Waals surface area (Å²) in [4.78, 5) is 25.6. The van der Waals surface area contributed by atoms with Gasteiger partial charge in [0, 0.05) is 17.9 Å². The van der Waals surface area contributed by atoms with E-state index in [4.69, 9.17) is 4.74 Å². The molecule has 0 saturated carbocycles. The molecule has 8 nitrogen and oxygen atoms in total. The molecule has 0 radical (unpaired) electrons. The van der Waals surface area contributed by atoms with E-state index in [1.807, 2.05) is 81.4 Å². The second-order valence-corrected chi connectivity index (χ2v) is 12.5. The molecule has 0 aliphatic carbocycles. The van der Waals surface area contributed by atoms with Gasteiger partial charge in [-0.3, -0.25) is 9.52 Å². The average molecular weight is 586 g/mol. The minimum atomic E-state index is -4.02. The normalized spacial score (nSPS) is 12.2. The van der Waals surface area contributed by atoms with Crippen molar-refractivity contribution in [2.24, 2.45) is 0 Å². The smallest absolute Gasteiger partial charge is 0.319 e. The number of benzene rings is 4. The highest BCUT2D eigenvalue weighted by molar-refractivity contribution is 7.92. The van der Waals surface area contributed by atoms with E-state index >= 15 is 0 Å². The predicted octanol–water partition coefficient (Wildman–Crippen LogP) is 6.48. The lowest BCUT2D eigenvalue weighted by Crippen LogP contribution is -2.29. The SMILES string of the molecule is CC(C)(C)OC(=O)C(Cc1ccccc1)c1cccc(NS(=O)(=O)c2cccc(NC(=O)NCc3ccccc3)c2)c1. The summed E-state index contributed by atoms with van der Waals surface area (Å²) < 4.78 is 34.9. The molecule has 4 rings (SSSR count). The lowest BCUT2D eigenvalue weighted by Gasteiger charge is -2.24. The fourth-order valence-electron chi connectivity index (χ4n) is 4.29. The molecule has 0 heterocycles. The zero-order valence-corrected chi connectivity index (χ0v) is 24.6. The zero-order chi connectivity index (χ0) is 30.2. The third-order valence-electron chi connectivity index (χ3n) is 6.21. The van der Waals surface area contributed by atoms with Crippen molar-refractivity contribution in [1.82, 2.24) is 5.32 Å². The molecule has 0 bridgehead atoms. The first-order valence-corrected chi connectivity index (χ1v) is 15.1. The molecule has 0 spiro atoms. The van der Waals surface area contributed by atoms with Crippen LogP contribution in [0.15, 0.2) is 114 Å². The minimum absolute atomic E-state index is 0.0262. The molecule has 4 aromatic carbocycles. The fourth-order valence-corrected chi connectivity index (χ4v) is 5.38. The summed E-state index contributed by atoms with van der Waals surface area (Å²) in [5.74, 6) is -1.03. The first-order valence-electron chi connectivity index (χ1n) is 13.6. The van der Waals surface area contributed by atoms with Gasteiger partial charge in [0.2, 0.25) is 0 Å². The third-order valence-corrected chi connectivity index (χ3v) is 7.59. The Balaban J connectivity index is 1.49. The minimum Gasteiger partial charge on any atom is -0.459 e. The van der Waals surface area contributed by atoms with Gasteiger partial charge in [-0.15, -0.1) is 0 Å². The Labute approximate surface area is 247 Å². The molecule has 1 unspecified atom stereocenters. The second-order valence-electron chi connectivity index (χ2n) is 10.8. The molecule has 3 N–H and O–H groups in total. The van der Waals surface area contributed by atoms with Crippen LogP contribution >= 0.6 is 0 Å². The molecule has 1 atom stereocenters. The maximum atomic E-state index is 13.3. The third kappa shape index (κ3) is 8.94. The number of nitrogens with one attached hydrogen (secondary N) is 3. The van der Waals surface area contributed by atoms with E-state index in [9.17, 15) is 18.0 Å². The van der Waals surface area contributed by atoms with Crippen molar-refractivity contribution in [3.63, 3.8) is 0 Å². The van der Waals surface area contributed by atoms with Gasteiger partial charge in [-0.1, -0.05) is 78.9 Å². The van der Waals surface area contributed by atoms with E-state index in [-0.39, 0.29) is 4.90 Å². The Kier molecular flexibility index (Phi) is 9.64. The van der Waals surface area contributed by atoms with Gasteiger partial charge in [-0.05, 0) is 74.2 Å². The van der Waals surface area contributed by atoms with Crippen LogP contribution in [0.1, 0.15) is 43.4 Å². The average Bonchev–Trinajstić information content (AvgIpc) is 2.95. The van der Waals surface area contributed by atoms with Gasteiger partial charge in [0.05, 0.1) is 10.8 Å². The van der Waals surface area contributed by atoms with Gasteiger partial charge in [0.15, 0.2) is 0 Å². The van der Waals surface area contributed by atoms with E-state index < -0.39 is 33.5 Å². The van der Waals surface area contributed by atoms with Crippen LogP contribution in [0.4, 0.5) is 16.2 Å². The Morgan fingerprint density at radius 1 is 0.762 bits per heavy atom. The summed E-state index contributed by atoms with van der Waals surface area (Å²) >= 11 is 0. The van der Waals surface area contributed by atoms with E-state index in [1.165, 1.54) is 12.1 Å². The lowest BCUT2D eigenvalue weighted by molar-refractivity contribution is -0.156. The number of rotatable bonds is 10. The summed E-state index contributed by atoms with van der Waals surface area (Å²) in [6.07, 6.45) is 0.395. The summed E-state index contributed by atoms with van der Waals surface area (Å²) in [5, 5.41) is 5.42. The summed E-state index contributed by atoms with van der Waals surface area (Å²) in [7, 11) is -4.02. The van der Waals surface area contributed by atoms with Crippen molar-refractivity contribution in [2.45, 2.75) is 50.2 Å². The highest BCUT2D eigenvalue weighted by atomic mass is 32.2. The molecule has 0 aliphatic heterocycles. The van der Waals surface area contributed by atoms with Crippen LogP contribution in [0.2, 0.25) is 0 Å². The van der Waals surface area contributed by atoms with E-state index in [1.54, 1.807) is 36.4 Å². The molecule has 0 fully saturated rings. The van der Waals surface area contributed by atoms with Gasteiger partial charge in [-0.25, -0.2) is 13.2 Å². The number of ether oxygens (including phenoxy) is 1. The highest BCUT2D eigenvalue weighted by Crippen LogP contribution is 2.28. The number of hydrogen-bond donors (Lipinski definition) is 3. The predicted molar refractivity (Wildman–Crippen MR) is 165 cm³/mol. The number of carbonyl (C=O) groups excluding carboxylic acids is 2. The van der Waals surface area contributed by atoms with Crippen molar-refractivity contribution in [2.75, 3.05) is 10.0 Å². The Morgan fingerprint density at radius 3 is 2.05 bits per heavy atom. The number of urea groups is 1. The molecular weight excluding hydrogens is 550 g/mol. The largest absolute Gasteiger partial charge is 0.459 e. The number of esters is 1. The topological polar surface area (TPSA) is 114 Å². The Hall–Kier alpha value is -4.63. The fraction of sp³-hybridized carbons (Fsp3) is 0.212. The number of amides is 2. The van der Waals surface area contributed by atoms with E-state index in [2.05, 4.69) is 15.4 Å². The zero-order valence-electron chi connectivity index (χ0n) is 23.8. The van der Waals surface area contributed by atoms with Crippen LogP contribution in [0, 0.1) is 0 Å². The molecule has 0 aromatic heterocycles. The van der Waals surface area contributed by atoms with Crippen molar-refractivity contribution >= 4 is 33.4 Å². The van der Waals surface area contributed by atoms with Gasteiger partial charge >= 0.3 is 12.0 Å². The quantitative estimate of drug-likeness (QED) is 0.185. The van der Waals surface area contributed by atoms with Crippen LogP contribution in [0.5, 0.6) is 0 Å². The summed E-state index contributed by atoms with van der Waals surface area (Å²) in [6, 6.07) is 31.3. The van der Waals surface area contributed by atoms with E-state index in [0.717, 1.165) is 11.1 Å². The highest BCUT2D eigenvalue weighted by Gasteiger charge is 2.27. The molecular formula is C33H35N3O5S. The Bertz CT molecular complexity index is 1620. The summed E-state index contributed by atoms with van der Waals surface area (Å²) in [5.41, 5.74) is 2.46. The monoisotopic (exact) mass is 585 g/mol. The van der Waals surface area contributed by atoms with Crippen molar-refractivity contribution in [3.8, 4) is 0 Å². The molecule has 4 aromatic rings. The first-order chi connectivity index (χ1) is 20.0. The lowest BCUT2D eigenvalue weighted by atomic mass is 9.91. The van der Waals surface area contributed by atoms with Gasteiger partial charge in [-0.2, -0.15) is 0 Å². The van der Waals surface area contributed by atoms with Gasteiger partial charge in [0.1, 0.15) is 5.60 Å². The maximum absolute atomic E-state index is 13.3. The van der Waals surface area contributed by atoms with Gasteiger partial charge < -0.3 is 15.4 Å². The second kappa shape index (κ2) is 13.4. The van der Waals surface area contributed by atoms with Crippen LogP contribution in [-0.2, 0) is 32.5 Å². The maximum Gasteiger partial charge on any atom is 0.319 e. The van der Waals surface area contributed by atoms with Crippen LogP contribution < -0.4 is 15.4 Å². The number of sulfonamides is 1. The molecule has 218 valence electrons. The standard InChI is InChI=1S/C33H35N3O5S/c1-33(2,3)41-31(37)30(20-24-12-6-4-7-13-24)26-16-10-18-28(21-26)36-42(39,40)29-19-11-17-27(22-29)35-32(38)34-23-25-14-8-5-9-15-25/h4-19,21-22,30,36H,20,23H2,1-3H3,(H2,34,35,38). The first kappa shape index (κ1) is 30.3. The number of anilines is 2. The molecule has 2 amide bonds. The van der Waals surface area contributed by atoms with Crippen LogP contribution in [-0.4, -0.2) is 26.0 Å². The van der Waals surface area contributed by atoms with E-state index in [0.29, 0.717) is 29.9 Å². The van der Waals surface area contributed by atoms with Crippen molar-refractivity contribution < 1.29 is 22.7 Å². The molecule has 0 saturated heterocycles. The molecule has 9 heteroatoms. The van der Waals surface area contributed by atoms with Crippen molar-refractivity contribution in [1.29, 1.82) is 0 Å². The number of hydrogen-bond acceptors (Lipinski definition) is 5. The Morgan fingerprint density at radius 2 is 1.38 bits per heavy atom. The summed E-state index contributed by atoms with van der Waals surface area (Å²) in [6.45, 7) is 5.76. The number of carbonyl (C=O) groups is 2. The van der Waals surface area contributed by atoms with Crippen LogP contribution in [0.25, 0.3) is 0 Å². The van der Waals surface area contributed by atoms with Crippen molar-refractivity contribution in [3.05, 3.63) is 126 Å². The van der Waals surface area contributed by atoms with Crippen LogP contribution in [0.3, 0.4) is 0 Å². The molecule has 42 heavy (non-hydrogen) atoms. The van der Waals surface area contributed by atoms with Gasteiger partial charge in [0.25, 0.3) is 10.0 Å².